The van der Waals surface area contributed by atoms with Crippen molar-refractivity contribution in [2.75, 3.05) is 25.6 Å². The van der Waals surface area contributed by atoms with Gasteiger partial charge in [-0.1, -0.05) is 11.3 Å². The number of aliphatic hydroxyl groups is 1. The summed E-state index contributed by atoms with van der Waals surface area (Å²) in [7, 11) is 0. The third kappa shape index (κ3) is 3.94. The van der Waals surface area contributed by atoms with E-state index in [0.29, 0.717) is 29.6 Å². The number of rotatable bonds is 7. The Bertz CT molecular complexity index is 851. The minimum absolute atomic E-state index is 0.0178. The first-order chi connectivity index (χ1) is 12.5. The minimum atomic E-state index is -0.500. The molecule has 2 aromatic rings. The maximum absolute atomic E-state index is 12.5. The van der Waals surface area contributed by atoms with Crippen LogP contribution in [0.4, 0.5) is 5.95 Å². The Hall–Kier alpha value is -2.24. The molecule has 1 aliphatic rings. The van der Waals surface area contributed by atoms with Crippen molar-refractivity contribution >= 4 is 33.6 Å². The molecule has 2 aromatic heterocycles. The fraction of sp³-hybridized carbons (Fsp3) is 0.600. The number of aromatic nitrogens is 3. The lowest BCUT2D eigenvalue weighted by molar-refractivity contribution is -0.141. The van der Waals surface area contributed by atoms with Gasteiger partial charge in [-0.3, -0.25) is 14.2 Å². The molecular formula is C15H20N4O6S. The zero-order valence-electron chi connectivity index (χ0n) is 14.2. The van der Waals surface area contributed by atoms with E-state index in [0.717, 1.165) is 11.3 Å². The van der Waals surface area contributed by atoms with Gasteiger partial charge < -0.3 is 25.1 Å². The van der Waals surface area contributed by atoms with Crippen molar-refractivity contribution in [3.05, 3.63) is 9.67 Å². The summed E-state index contributed by atoms with van der Waals surface area (Å²) in [6.45, 7) is 1.72. The Labute approximate surface area is 152 Å². The molecule has 11 heteroatoms. The molecule has 0 amide bonds. The molecule has 0 bridgehead atoms. The molecule has 26 heavy (non-hydrogen) atoms. The van der Waals surface area contributed by atoms with Crippen LogP contribution in [0.2, 0.25) is 0 Å². The summed E-state index contributed by atoms with van der Waals surface area (Å²) in [5.41, 5.74) is 6.11. The highest BCUT2D eigenvalue weighted by molar-refractivity contribution is 7.16. The molecule has 3 heterocycles. The van der Waals surface area contributed by atoms with Crippen LogP contribution in [0.15, 0.2) is 4.79 Å². The van der Waals surface area contributed by atoms with Crippen molar-refractivity contribution in [2.45, 2.75) is 38.5 Å². The highest BCUT2D eigenvalue weighted by atomic mass is 32.1. The summed E-state index contributed by atoms with van der Waals surface area (Å²) in [4.78, 5) is 31.2. The van der Waals surface area contributed by atoms with Crippen molar-refractivity contribution in [1.82, 2.24) is 14.5 Å². The Morgan fingerprint density at radius 2 is 2.23 bits per heavy atom. The van der Waals surface area contributed by atoms with Gasteiger partial charge in [-0.2, -0.15) is 9.97 Å². The summed E-state index contributed by atoms with van der Waals surface area (Å²) in [6.07, 6.45) is 0.937. The predicted octanol–water partition coefficient (Wildman–Crippen LogP) is 0.437. The zero-order chi connectivity index (χ0) is 18.7. The van der Waals surface area contributed by atoms with Crippen molar-refractivity contribution < 1.29 is 24.1 Å². The van der Waals surface area contributed by atoms with Crippen LogP contribution in [0.1, 0.15) is 32.4 Å². The van der Waals surface area contributed by atoms with Crippen LogP contribution in [0.25, 0.3) is 10.3 Å². The monoisotopic (exact) mass is 384 g/mol. The lowest BCUT2D eigenvalue weighted by Crippen LogP contribution is -2.21. The van der Waals surface area contributed by atoms with E-state index in [1.807, 2.05) is 0 Å². The number of esters is 1. The Morgan fingerprint density at radius 3 is 2.92 bits per heavy atom. The number of hydrogen-bond acceptors (Lipinski definition) is 10. The second kappa shape index (κ2) is 7.98. The van der Waals surface area contributed by atoms with Crippen LogP contribution < -0.4 is 15.3 Å². The number of aliphatic hydroxyl groups excluding tert-OH is 1. The van der Waals surface area contributed by atoms with E-state index in [-0.39, 0.29) is 48.6 Å². The number of nitrogens with zero attached hydrogens (tertiary/aromatic N) is 3. The van der Waals surface area contributed by atoms with E-state index < -0.39 is 6.23 Å². The van der Waals surface area contributed by atoms with Gasteiger partial charge in [-0.15, -0.1) is 0 Å². The molecule has 0 unspecified atom stereocenters. The Kier molecular flexibility index (Phi) is 5.69. The van der Waals surface area contributed by atoms with Crippen molar-refractivity contribution in [3.8, 4) is 5.88 Å². The Morgan fingerprint density at radius 1 is 1.42 bits per heavy atom. The molecule has 0 spiro atoms. The van der Waals surface area contributed by atoms with E-state index >= 15 is 0 Å². The average Bonchev–Trinajstić information content (AvgIpc) is 3.17. The normalized spacial score (nSPS) is 19.8. The number of ether oxygens (including phenoxy) is 3. The highest BCUT2D eigenvalue weighted by Gasteiger charge is 2.30. The topological polar surface area (TPSA) is 139 Å². The van der Waals surface area contributed by atoms with Gasteiger partial charge in [0.05, 0.1) is 25.9 Å². The van der Waals surface area contributed by atoms with E-state index in [4.69, 9.17) is 19.9 Å². The summed E-state index contributed by atoms with van der Waals surface area (Å²) < 4.78 is 18.0. The van der Waals surface area contributed by atoms with Crippen LogP contribution in [-0.2, 0) is 14.3 Å². The quantitative estimate of drug-likeness (QED) is 0.514. The van der Waals surface area contributed by atoms with Gasteiger partial charge in [0.2, 0.25) is 11.8 Å². The van der Waals surface area contributed by atoms with Crippen molar-refractivity contribution in [1.29, 1.82) is 0 Å². The van der Waals surface area contributed by atoms with E-state index in [1.54, 1.807) is 0 Å². The summed E-state index contributed by atoms with van der Waals surface area (Å²) >= 11 is 0.952. The van der Waals surface area contributed by atoms with E-state index in [1.165, 1.54) is 11.5 Å². The van der Waals surface area contributed by atoms with Gasteiger partial charge >= 0.3 is 10.8 Å². The number of carbonyl (C=O) groups is 1. The van der Waals surface area contributed by atoms with Gasteiger partial charge in [0.1, 0.15) is 10.9 Å². The predicted molar refractivity (Wildman–Crippen MR) is 93.1 cm³/mol. The third-order valence-electron chi connectivity index (χ3n) is 3.86. The van der Waals surface area contributed by atoms with Gasteiger partial charge in [-0.05, 0) is 12.8 Å². The number of fused-ring (bicyclic) bond motifs is 1. The molecule has 2 atom stereocenters. The van der Waals surface area contributed by atoms with E-state index in [2.05, 4.69) is 9.97 Å². The van der Waals surface area contributed by atoms with Crippen LogP contribution in [0, 0.1) is 0 Å². The summed E-state index contributed by atoms with van der Waals surface area (Å²) in [6, 6.07) is 0. The summed E-state index contributed by atoms with van der Waals surface area (Å²) in [5, 5.41) is 9.22. The first kappa shape index (κ1) is 18.5. The molecule has 0 saturated carbocycles. The van der Waals surface area contributed by atoms with Crippen LogP contribution in [0.3, 0.4) is 0 Å². The molecule has 0 aromatic carbocycles. The SMILES string of the molecule is CC(=O)OCCCOc1nc(N)nc2c1sc(=O)n2[C@H]1CC[C@@H](CO)O1. The van der Waals surface area contributed by atoms with Crippen molar-refractivity contribution in [3.63, 3.8) is 0 Å². The number of thiazole rings is 1. The lowest BCUT2D eigenvalue weighted by atomic mass is 10.2. The largest absolute Gasteiger partial charge is 0.476 e. The fourth-order valence-electron chi connectivity index (χ4n) is 2.72. The molecule has 1 saturated heterocycles. The second-order valence-corrected chi connectivity index (χ2v) is 6.75. The smallest absolute Gasteiger partial charge is 0.311 e. The fourth-order valence-corrected chi connectivity index (χ4v) is 3.62. The molecule has 3 rings (SSSR count). The minimum Gasteiger partial charge on any atom is -0.476 e. The number of nitrogen functional groups attached to an aromatic ring is 1. The van der Waals surface area contributed by atoms with Crippen LogP contribution >= 0.6 is 11.3 Å². The van der Waals surface area contributed by atoms with Crippen molar-refractivity contribution in [2.24, 2.45) is 0 Å². The molecule has 1 aliphatic heterocycles. The number of carbonyl (C=O) groups excluding carboxylic acids is 1. The maximum Gasteiger partial charge on any atom is 0.311 e. The summed E-state index contributed by atoms with van der Waals surface area (Å²) in [5.74, 6) is -0.157. The van der Waals surface area contributed by atoms with Gasteiger partial charge in [-0.25, -0.2) is 0 Å². The van der Waals surface area contributed by atoms with Gasteiger partial charge in [0.25, 0.3) is 0 Å². The van der Waals surface area contributed by atoms with Crippen LogP contribution in [-0.4, -0.2) is 51.5 Å². The molecule has 0 aliphatic carbocycles. The first-order valence-corrected chi connectivity index (χ1v) is 9.02. The second-order valence-electron chi connectivity index (χ2n) is 5.79. The first-order valence-electron chi connectivity index (χ1n) is 8.20. The zero-order valence-corrected chi connectivity index (χ0v) is 15.0. The molecule has 3 N–H and O–H groups in total. The molecule has 0 radical (unpaired) electrons. The standard InChI is InChI=1S/C15H20N4O6S/c1-8(21)23-5-2-6-24-13-11-12(17-14(16)18-13)19(15(22)26-11)10-4-3-9(7-20)25-10/h9-10,20H,2-7H2,1H3,(H2,16,17,18)/t9-,10+/m0/s1. The molecular weight excluding hydrogens is 364 g/mol. The highest BCUT2D eigenvalue weighted by Crippen LogP contribution is 2.33. The maximum atomic E-state index is 12.5. The lowest BCUT2D eigenvalue weighted by Gasteiger charge is -2.13. The molecule has 142 valence electrons. The van der Waals surface area contributed by atoms with E-state index in [9.17, 15) is 14.7 Å². The number of hydrogen-bond donors (Lipinski definition) is 2. The number of anilines is 1. The molecule has 1 fully saturated rings. The van der Waals surface area contributed by atoms with Gasteiger partial charge in [0, 0.05) is 13.3 Å². The average molecular weight is 384 g/mol. The van der Waals surface area contributed by atoms with Crippen LogP contribution in [0.5, 0.6) is 5.88 Å². The molecule has 10 nitrogen and oxygen atoms in total. The number of nitrogens with two attached hydrogens (primary N) is 1. The van der Waals surface area contributed by atoms with Gasteiger partial charge in [0.15, 0.2) is 5.65 Å². The third-order valence-corrected chi connectivity index (χ3v) is 4.79. The Balaban J connectivity index is 1.81.